The molecule has 4 aliphatic carbocycles. The lowest BCUT2D eigenvalue weighted by Crippen LogP contribution is -2.49. The van der Waals surface area contributed by atoms with Crippen molar-refractivity contribution in [2.45, 2.75) is 58.8 Å². The summed E-state index contributed by atoms with van der Waals surface area (Å²) in [6.45, 7) is 4.87. The molecule has 6 rings (SSSR count). The van der Waals surface area contributed by atoms with Gasteiger partial charge < -0.3 is 10.5 Å². The maximum absolute atomic E-state index is 9.59. The highest BCUT2D eigenvalue weighted by atomic mass is 35.5. The van der Waals surface area contributed by atoms with E-state index < -0.39 is 0 Å². The summed E-state index contributed by atoms with van der Waals surface area (Å²) in [5, 5.41) is 18.5. The van der Waals surface area contributed by atoms with Gasteiger partial charge >= 0.3 is 0 Å². The zero-order chi connectivity index (χ0) is 22.1. The van der Waals surface area contributed by atoms with Crippen molar-refractivity contribution in [1.82, 2.24) is 4.98 Å². The molecule has 0 bridgehead atoms. The Morgan fingerprint density at radius 3 is 2.66 bits per heavy atom. The number of nitrogens with one attached hydrogen (secondary N) is 1. The molecule has 4 aliphatic rings. The van der Waals surface area contributed by atoms with Gasteiger partial charge in [0.25, 0.3) is 0 Å². The molecule has 1 aromatic heterocycles. The zero-order valence-corrected chi connectivity index (χ0v) is 20.3. The summed E-state index contributed by atoms with van der Waals surface area (Å²) >= 11 is 7.84. The fraction of sp³-hybridized carbons (Fsp3) is 0.538. The number of allylic oxidation sites excluding steroid dienone is 2. The molecule has 1 heterocycles. The second kappa shape index (κ2) is 7.33. The molecule has 32 heavy (non-hydrogen) atoms. The van der Waals surface area contributed by atoms with Crippen molar-refractivity contribution in [1.29, 1.82) is 0 Å². The minimum atomic E-state index is 0.0948. The van der Waals surface area contributed by atoms with Crippen LogP contribution in [0.1, 0.15) is 62.9 Å². The number of halogens is 1. The molecule has 2 fully saturated rings. The fourth-order valence-electron chi connectivity index (χ4n) is 7.54. The van der Waals surface area contributed by atoms with Crippen LogP contribution in [0.4, 0.5) is 10.8 Å². The predicted octanol–water partition coefficient (Wildman–Crippen LogP) is 7.55. The summed E-state index contributed by atoms with van der Waals surface area (Å²) in [5.41, 5.74) is 5.18. The van der Waals surface area contributed by atoms with Crippen molar-refractivity contribution in [3.63, 3.8) is 0 Å². The molecule has 0 radical (unpaired) electrons. The van der Waals surface area contributed by atoms with Gasteiger partial charge in [-0.05, 0) is 98.0 Å². The predicted molar refractivity (Wildman–Crippen MR) is 132 cm³/mol. The maximum atomic E-state index is 9.59. The summed E-state index contributed by atoms with van der Waals surface area (Å²) in [5.74, 6) is 2.05. The lowest BCUT2D eigenvalue weighted by Gasteiger charge is -2.56. The number of hydrogen-bond donors (Lipinski definition) is 2. The molecule has 0 saturated heterocycles. The number of aryl methyl sites for hydroxylation is 1. The Kier molecular flexibility index (Phi) is 4.75. The summed E-state index contributed by atoms with van der Waals surface area (Å²) in [4.78, 5) is 6.36. The van der Waals surface area contributed by atoms with Gasteiger partial charge in [0.2, 0.25) is 0 Å². The number of benzene rings is 1. The van der Waals surface area contributed by atoms with Crippen molar-refractivity contribution in [2.24, 2.45) is 33.7 Å². The van der Waals surface area contributed by atoms with Crippen LogP contribution in [0.5, 0.6) is 0 Å². The van der Waals surface area contributed by atoms with Gasteiger partial charge in [-0.15, -0.1) is 0 Å². The van der Waals surface area contributed by atoms with Gasteiger partial charge in [-0.25, -0.2) is 4.98 Å². The average molecular weight is 468 g/mol. The monoisotopic (exact) mass is 467 g/mol. The topological polar surface area (TPSA) is 57.5 Å². The molecular formula is C26H30ClN3OS. The zero-order valence-electron chi connectivity index (χ0n) is 18.7. The third-order valence-electron chi connectivity index (χ3n) is 9.25. The molecule has 2 N–H and O–H groups in total. The SMILES string of the molecule is C[C@]12CCc3nc(Nc4ccc(Cl)cc4)sc3C1=CC[C@@H]1[C@@H]2CC[C@]2(C)/C(=N/O)CC[C@@H]12. The number of oxime groups is 1. The molecule has 5 atom stereocenters. The van der Waals surface area contributed by atoms with E-state index in [-0.39, 0.29) is 10.8 Å². The van der Waals surface area contributed by atoms with Crippen LogP contribution in [0.25, 0.3) is 5.57 Å². The third-order valence-corrected chi connectivity index (χ3v) is 10.5. The highest BCUT2D eigenvalue weighted by molar-refractivity contribution is 7.16. The van der Waals surface area contributed by atoms with Crippen LogP contribution in [0.3, 0.4) is 0 Å². The second-order valence-electron chi connectivity index (χ2n) is 10.6. The van der Waals surface area contributed by atoms with E-state index in [2.05, 4.69) is 30.4 Å². The molecule has 2 saturated carbocycles. The van der Waals surface area contributed by atoms with Crippen molar-refractivity contribution in [3.05, 3.63) is 45.9 Å². The number of thiazole rings is 1. The Morgan fingerprint density at radius 1 is 1.09 bits per heavy atom. The minimum Gasteiger partial charge on any atom is -0.411 e. The molecule has 168 valence electrons. The molecule has 6 heteroatoms. The van der Waals surface area contributed by atoms with Crippen LogP contribution in [0, 0.1) is 28.6 Å². The first-order chi connectivity index (χ1) is 15.4. The number of nitrogens with zero attached hydrogens (tertiary/aromatic N) is 2. The summed E-state index contributed by atoms with van der Waals surface area (Å²) in [6, 6.07) is 7.82. The first kappa shape index (κ1) is 20.7. The molecule has 1 aromatic carbocycles. The molecule has 4 nitrogen and oxygen atoms in total. The van der Waals surface area contributed by atoms with Crippen LogP contribution in [0.2, 0.25) is 5.02 Å². The van der Waals surface area contributed by atoms with Crippen LogP contribution in [-0.2, 0) is 6.42 Å². The third kappa shape index (κ3) is 2.93. The number of rotatable bonds is 2. The second-order valence-corrected chi connectivity index (χ2v) is 12.1. The van der Waals surface area contributed by atoms with E-state index in [4.69, 9.17) is 16.6 Å². The van der Waals surface area contributed by atoms with Crippen molar-refractivity contribution >= 4 is 45.0 Å². The van der Waals surface area contributed by atoms with Crippen LogP contribution in [0.15, 0.2) is 35.5 Å². The summed E-state index contributed by atoms with van der Waals surface area (Å²) in [7, 11) is 0. The van der Waals surface area contributed by atoms with Gasteiger partial charge in [-0.3, -0.25) is 0 Å². The number of hydrogen-bond acceptors (Lipinski definition) is 5. The molecule has 0 amide bonds. The van der Waals surface area contributed by atoms with Crippen molar-refractivity contribution in [2.75, 3.05) is 5.32 Å². The van der Waals surface area contributed by atoms with E-state index in [1.54, 1.807) is 16.9 Å². The first-order valence-corrected chi connectivity index (χ1v) is 13.1. The number of fused-ring (bicyclic) bond motifs is 7. The average Bonchev–Trinajstić information content (AvgIpc) is 3.34. The molecule has 0 spiro atoms. The Bertz CT molecular complexity index is 1120. The lowest BCUT2D eigenvalue weighted by molar-refractivity contribution is 0.0110. The quantitative estimate of drug-likeness (QED) is 0.354. The van der Waals surface area contributed by atoms with E-state index in [1.165, 1.54) is 29.8 Å². The molecule has 0 unspecified atom stereocenters. The number of anilines is 2. The van der Waals surface area contributed by atoms with E-state index in [0.717, 1.165) is 47.2 Å². The van der Waals surface area contributed by atoms with Crippen LogP contribution >= 0.6 is 22.9 Å². The van der Waals surface area contributed by atoms with Gasteiger partial charge in [0.05, 0.1) is 16.3 Å². The van der Waals surface area contributed by atoms with Crippen LogP contribution < -0.4 is 5.32 Å². The maximum Gasteiger partial charge on any atom is 0.187 e. The molecular weight excluding hydrogens is 438 g/mol. The van der Waals surface area contributed by atoms with Gasteiger partial charge in [0.15, 0.2) is 5.13 Å². The Hall–Kier alpha value is -1.85. The highest BCUT2D eigenvalue weighted by Gasteiger charge is 2.58. The van der Waals surface area contributed by atoms with Gasteiger partial charge in [0, 0.05) is 16.1 Å². The highest BCUT2D eigenvalue weighted by Crippen LogP contribution is 2.65. The number of aromatic nitrogens is 1. The van der Waals surface area contributed by atoms with Crippen molar-refractivity contribution < 1.29 is 5.21 Å². The van der Waals surface area contributed by atoms with Gasteiger partial charge in [-0.1, -0.05) is 48.0 Å². The van der Waals surface area contributed by atoms with Crippen molar-refractivity contribution in [3.8, 4) is 0 Å². The smallest absolute Gasteiger partial charge is 0.187 e. The fourth-order valence-corrected chi connectivity index (χ4v) is 8.88. The van der Waals surface area contributed by atoms with Crippen LogP contribution in [-0.4, -0.2) is 15.9 Å². The lowest BCUT2D eigenvalue weighted by atomic mass is 9.48. The first-order valence-electron chi connectivity index (χ1n) is 11.9. The normalized spacial score (nSPS) is 36.7. The van der Waals surface area contributed by atoms with E-state index >= 15 is 0 Å². The Balaban J connectivity index is 1.32. The largest absolute Gasteiger partial charge is 0.411 e. The minimum absolute atomic E-state index is 0.0948. The Morgan fingerprint density at radius 2 is 1.88 bits per heavy atom. The van der Waals surface area contributed by atoms with E-state index in [0.29, 0.717) is 17.8 Å². The van der Waals surface area contributed by atoms with Gasteiger partial charge in [0.1, 0.15) is 0 Å². The Labute approximate surface area is 198 Å². The molecule has 0 aliphatic heterocycles. The van der Waals surface area contributed by atoms with E-state index in [1.807, 2.05) is 24.3 Å². The van der Waals surface area contributed by atoms with E-state index in [9.17, 15) is 5.21 Å². The van der Waals surface area contributed by atoms with Gasteiger partial charge in [-0.2, -0.15) is 0 Å². The molecule has 2 aromatic rings. The summed E-state index contributed by atoms with van der Waals surface area (Å²) in [6.07, 6.45) is 10.5. The summed E-state index contributed by atoms with van der Waals surface area (Å²) < 4.78 is 0. The standard InChI is InChI=1S/C26H30ClN3OS/c1-25-14-12-21-23(32-24(29-21)28-16-5-3-15(27)4-6-16)20(25)8-7-17-18-9-10-22(30-31)26(18,2)13-11-19(17)25/h3-6,8,17-19,31H,7,9-14H2,1-2H3,(H,28,29)/b30-22+/t17-,18-,19-,25+,26-/m0/s1.